The van der Waals surface area contributed by atoms with Gasteiger partial charge in [0.15, 0.2) is 5.65 Å². The molecule has 0 unspecified atom stereocenters. The minimum absolute atomic E-state index is 0.744. The fourth-order valence-corrected chi connectivity index (χ4v) is 5.09. The molecule has 7 heteroatoms. The zero-order valence-electron chi connectivity index (χ0n) is 22.2. The van der Waals surface area contributed by atoms with Gasteiger partial charge >= 0.3 is 0 Å². The van der Waals surface area contributed by atoms with Crippen LogP contribution in [0, 0.1) is 0 Å². The molecule has 2 aromatic carbocycles. The molecule has 4 aromatic rings. The highest BCUT2D eigenvalue weighted by molar-refractivity contribution is 5.90. The van der Waals surface area contributed by atoms with E-state index in [4.69, 9.17) is 15.0 Å². The van der Waals surface area contributed by atoms with Crippen LogP contribution in [0.25, 0.3) is 33.4 Å². The summed E-state index contributed by atoms with van der Waals surface area (Å²) in [6.07, 6.45) is 1.93. The van der Waals surface area contributed by atoms with Crippen molar-refractivity contribution in [1.29, 1.82) is 0 Å². The Kier molecular flexibility index (Phi) is 8.04. The molecular weight excluding hydrogens is 458 g/mol. The summed E-state index contributed by atoms with van der Waals surface area (Å²) < 4.78 is 0. The second-order valence-electron chi connectivity index (χ2n) is 9.82. The molecule has 4 N–H and O–H groups in total. The maximum Gasteiger partial charge on any atom is 0.227 e. The number of anilines is 1. The number of pyridine rings is 1. The smallest absolute Gasteiger partial charge is 0.227 e. The standard InChI is InChI=1S/C30H37N7/c1-3-35(4-2)14-15-36-16-18-37(19-17-36)30-32-22-26-20-27(24-8-6-5-7-9-24)28(33-29(26)34-30)25-12-10-23(21-31)11-13-25/h5-13,20,22H,3-4,14-19,21,31H2,1-2H3/p+2. The molecule has 7 nitrogen and oxygen atoms in total. The lowest BCUT2D eigenvalue weighted by molar-refractivity contribution is -0.895. The summed E-state index contributed by atoms with van der Waals surface area (Å²) in [5.74, 6) is 0.778. The van der Waals surface area contributed by atoms with Crippen molar-refractivity contribution in [2.45, 2.75) is 20.4 Å². The number of nitrogens with one attached hydrogen (secondary N) is 1. The van der Waals surface area contributed by atoms with Crippen LogP contribution < -0.4 is 15.5 Å². The molecule has 0 amide bonds. The number of rotatable bonds is 9. The van der Waals surface area contributed by atoms with Crippen LogP contribution >= 0.6 is 0 Å². The molecule has 1 fully saturated rings. The molecule has 2 aromatic heterocycles. The normalized spacial score (nSPS) is 14.5. The largest absolute Gasteiger partial charge is 0.354 e. The lowest BCUT2D eigenvalue weighted by Crippen LogP contribution is -3.12. The minimum Gasteiger partial charge on any atom is -0.354 e. The van der Waals surface area contributed by atoms with E-state index in [-0.39, 0.29) is 0 Å². The SMILES string of the molecule is CC[NH+](CC)CCN1CCN(c2ncc3cc(-c4ccccc4)c(-c4ccc(C[NH3+])cc4)nc3n2)CC1. The molecule has 0 spiro atoms. The summed E-state index contributed by atoms with van der Waals surface area (Å²) in [6.45, 7) is 14.1. The van der Waals surface area contributed by atoms with Gasteiger partial charge in [-0.2, -0.15) is 4.98 Å². The minimum atomic E-state index is 0.744. The Hall–Kier alpha value is -3.39. The van der Waals surface area contributed by atoms with Crippen molar-refractivity contribution in [3.8, 4) is 22.4 Å². The van der Waals surface area contributed by atoms with Crippen LogP contribution in [0.3, 0.4) is 0 Å². The van der Waals surface area contributed by atoms with Crippen LogP contribution in [0.15, 0.2) is 66.9 Å². The monoisotopic (exact) mass is 497 g/mol. The highest BCUT2D eigenvalue weighted by Gasteiger charge is 2.21. The van der Waals surface area contributed by atoms with Crippen molar-refractivity contribution in [1.82, 2.24) is 19.9 Å². The van der Waals surface area contributed by atoms with Crippen molar-refractivity contribution in [2.75, 3.05) is 57.3 Å². The average Bonchev–Trinajstić information content (AvgIpc) is 2.97. The summed E-state index contributed by atoms with van der Waals surface area (Å²) in [4.78, 5) is 21.4. The molecule has 37 heavy (non-hydrogen) atoms. The predicted molar refractivity (Wildman–Crippen MR) is 150 cm³/mol. The highest BCUT2D eigenvalue weighted by atomic mass is 15.3. The molecule has 1 aliphatic heterocycles. The quantitative estimate of drug-likeness (QED) is 0.371. The number of benzene rings is 2. The summed E-state index contributed by atoms with van der Waals surface area (Å²) in [6, 6.07) is 21.2. The summed E-state index contributed by atoms with van der Waals surface area (Å²) in [5.41, 5.74) is 10.2. The van der Waals surface area contributed by atoms with Crippen LogP contribution in [0.2, 0.25) is 0 Å². The molecule has 0 aliphatic carbocycles. The number of nitrogens with zero attached hydrogens (tertiary/aromatic N) is 5. The third kappa shape index (κ3) is 5.80. The van der Waals surface area contributed by atoms with Gasteiger partial charge in [0.1, 0.15) is 0 Å². The molecule has 1 aliphatic rings. The fraction of sp³-hybridized carbons (Fsp3) is 0.367. The first-order chi connectivity index (χ1) is 18.2. The molecule has 0 saturated carbocycles. The summed E-state index contributed by atoms with van der Waals surface area (Å²) >= 11 is 0. The zero-order chi connectivity index (χ0) is 25.6. The van der Waals surface area contributed by atoms with Crippen molar-refractivity contribution in [3.05, 3.63) is 72.4 Å². The van der Waals surface area contributed by atoms with Gasteiger partial charge in [-0.25, -0.2) is 9.97 Å². The van der Waals surface area contributed by atoms with Crippen molar-refractivity contribution in [2.24, 2.45) is 0 Å². The maximum atomic E-state index is 5.11. The zero-order valence-corrected chi connectivity index (χ0v) is 22.2. The molecule has 0 radical (unpaired) electrons. The van der Waals surface area contributed by atoms with E-state index >= 15 is 0 Å². The maximum absolute atomic E-state index is 5.11. The number of fused-ring (bicyclic) bond motifs is 1. The van der Waals surface area contributed by atoms with Crippen molar-refractivity contribution in [3.63, 3.8) is 0 Å². The predicted octanol–water partition coefficient (Wildman–Crippen LogP) is 2.15. The number of hydrogen-bond acceptors (Lipinski definition) is 5. The molecule has 0 bridgehead atoms. The van der Waals surface area contributed by atoms with Gasteiger partial charge in [0.25, 0.3) is 0 Å². The Balaban J connectivity index is 1.41. The van der Waals surface area contributed by atoms with E-state index in [1.165, 1.54) is 25.2 Å². The van der Waals surface area contributed by atoms with Crippen LogP contribution in [-0.4, -0.2) is 72.2 Å². The number of quaternary nitrogens is 2. The lowest BCUT2D eigenvalue weighted by atomic mass is 9.98. The van der Waals surface area contributed by atoms with E-state index in [9.17, 15) is 0 Å². The Morgan fingerprint density at radius 1 is 0.865 bits per heavy atom. The Morgan fingerprint density at radius 3 is 2.27 bits per heavy atom. The van der Waals surface area contributed by atoms with Crippen LogP contribution in [0.4, 0.5) is 5.95 Å². The number of hydrogen-bond donors (Lipinski definition) is 2. The van der Waals surface area contributed by atoms with Gasteiger partial charge in [0.2, 0.25) is 5.95 Å². The summed E-state index contributed by atoms with van der Waals surface area (Å²) in [7, 11) is 0. The molecular formula is C30H39N7+2. The number of aromatic nitrogens is 3. The second-order valence-corrected chi connectivity index (χ2v) is 9.82. The van der Waals surface area contributed by atoms with E-state index < -0.39 is 0 Å². The fourth-order valence-electron chi connectivity index (χ4n) is 5.09. The number of piperazine rings is 1. The Morgan fingerprint density at radius 2 is 1.59 bits per heavy atom. The van der Waals surface area contributed by atoms with Crippen molar-refractivity contribution < 1.29 is 10.6 Å². The number of likely N-dealkylation sites (N-methyl/N-ethyl adjacent to an activating group) is 1. The lowest BCUT2D eigenvalue weighted by Gasteiger charge is -2.35. The highest BCUT2D eigenvalue weighted by Crippen LogP contribution is 2.33. The molecule has 5 rings (SSSR count). The third-order valence-corrected chi connectivity index (χ3v) is 7.59. The van der Waals surface area contributed by atoms with Gasteiger partial charge in [0.05, 0.1) is 31.9 Å². The van der Waals surface area contributed by atoms with Crippen molar-refractivity contribution >= 4 is 17.0 Å². The Labute approximate surface area is 220 Å². The van der Waals surface area contributed by atoms with Gasteiger partial charge < -0.3 is 15.5 Å². The van der Waals surface area contributed by atoms with E-state index in [1.807, 2.05) is 12.3 Å². The van der Waals surface area contributed by atoms with Gasteiger partial charge in [-0.15, -0.1) is 0 Å². The van der Waals surface area contributed by atoms with Crippen LogP contribution in [0.1, 0.15) is 19.4 Å². The molecule has 0 atom stereocenters. The van der Waals surface area contributed by atoms with Gasteiger partial charge in [-0.1, -0.05) is 54.6 Å². The van der Waals surface area contributed by atoms with Gasteiger partial charge in [0, 0.05) is 61.0 Å². The van der Waals surface area contributed by atoms with E-state index in [2.05, 4.69) is 84.0 Å². The average molecular weight is 498 g/mol. The first-order valence-electron chi connectivity index (χ1n) is 13.6. The van der Waals surface area contributed by atoms with Crippen LogP contribution in [0.5, 0.6) is 0 Å². The van der Waals surface area contributed by atoms with E-state index in [1.54, 1.807) is 4.90 Å². The third-order valence-electron chi connectivity index (χ3n) is 7.59. The molecule has 1 saturated heterocycles. The first-order valence-corrected chi connectivity index (χ1v) is 13.6. The van der Waals surface area contributed by atoms with Crippen LogP contribution in [-0.2, 0) is 6.54 Å². The van der Waals surface area contributed by atoms with Gasteiger partial charge in [-0.3, -0.25) is 4.90 Å². The second kappa shape index (κ2) is 11.8. The van der Waals surface area contributed by atoms with Gasteiger partial charge in [-0.05, 0) is 25.5 Å². The Bertz CT molecular complexity index is 1300. The molecule has 192 valence electrons. The first kappa shape index (κ1) is 25.3. The topological polar surface area (TPSA) is 77.2 Å². The van der Waals surface area contributed by atoms with E-state index in [0.29, 0.717) is 0 Å². The molecule has 3 heterocycles. The van der Waals surface area contributed by atoms with E-state index in [0.717, 1.165) is 78.6 Å². The summed E-state index contributed by atoms with van der Waals surface area (Å²) in [5, 5.41) is 0.960.